The molecule has 1 fully saturated rings. The van der Waals surface area contributed by atoms with Crippen molar-refractivity contribution in [2.75, 3.05) is 6.54 Å². The standard InChI is InChI=1S/C36H29N3O7/c40-34(32-17-13-27-19-28(38-43)14-18-31(27)37-32)39-21-30(20-33(39)36(42)45-23-25-9-5-2-6-10-25)46-29-15-11-26(12-16-29)35(41)44-22-24-7-3-1-4-8-24/h1-19,30,33H,20-23H2/t30-,33-/m0/s1. The fraction of sp³-hybridized carbons (Fsp3) is 0.167. The van der Waals surface area contributed by atoms with Gasteiger partial charge in [-0.15, -0.1) is 4.91 Å². The van der Waals surface area contributed by atoms with Gasteiger partial charge in [0.25, 0.3) is 5.91 Å². The van der Waals surface area contributed by atoms with Crippen LogP contribution in [0.2, 0.25) is 0 Å². The van der Waals surface area contributed by atoms with Gasteiger partial charge in [-0.05, 0) is 64.8 Å². The van der Waals surface area contributed by atoms with E-state index in [1.54, 1.807) is 48.5 Å². The molecule has 0 spiro atoms. The number of rotatable bonds is 10. The lowest BCUT2D eigenvalue weighted by Crippen LogP contribution is -2.41. The Balaban J connectivity index is 1.16. The van der Waals surface area contributed by atoms with E-state index in [-0.39, 0.29) is 37.6 Å². The van der Waals surface area contributed by atoms with Crippen LogP contribution in [0.4, 0.5) is 5.69 Å². The highest BCUT2D eigenvalue weighted by atomic mass is 16.5. The fourth-order valence-corrected chi connectivity index (χ4v) is 5.26. The molecule has 0 aliphatic carbocycles. The lowest BCUT2D eigenvalue weighted by atomic mass is 10.1. The van der Waals surface area contributed by atoms with Crippen LogP contribution in [-0.4, -0.2) is 46.4 Å². The van der Waals surface area contributed by atoms with E-state index >= 15 is 0 Å². The minimum atomic E-state index is -0.910. The summed E-state index contributed by atoms with van der Waals surface area (Å²) < 4.78 is 17.2. The number of carbonyl (C=O) groups excluding carboxylic acids is 3. The van der Waals surface area contributed by atoms with Crippen LogP contribution < -0.4 is 4.74 Å². The molecule has 2 atom stereocenters. The van der Waals surface area contributed by atoms with Crippen molar-refractivity contribution in [2.45, 2.75) is 31.8 Å². The zero-order valence-corrected chi connectivity index (χ0v) is 24.7. The number of aromatic nitrogens is 1. The molecule has 10 heteroatoms. The first-order valence-electron chi connectivity index (χ1n) is 14.7. The number of carbonyl (C=O) groups is 3. The Morgan fingerprint density at radius 3 is 2.13 bits per heavy atom. The third kappa shape index (κ3) is 7.07. The predicted molar refractivity (Wildman–Crippen MR) is 169 cm³/mol. The normalized spacial score (nSPS) is 15.7. The minimum Gasteiger partial charge on any atom is -0.488 e. The number of likely N-dealkylation sites (tertiary alicyclic amines) is 1. The van der Waals surface area contributed by atoms with E-state index in [1.165, 1.54) is 11.0 Å². The largest absolute Gasteiger partial charge is 0.488 e. The number of hydrogen-bond acceptors (Lipinski definition) is 9. The minimum absolute atomic E-state index is 0.0624. The lowest BCUT2D eigenvalue weighted by Gasteiger charge is -2.22. The summed E-state index contributed by atoms with van der Waals surface area (Å²) in [5.41, 5.74) is 2.98. The number of pyridine rings is 1. The van der Waals surface area contributed by atoms with Gasteiger partial charge in [0.15, 0.2) is 0 Å². The molecule has 46 heavy (non-hydrogen) atoms. The number of amides is 1. The Labute approximate surface area is 264 Å². The molecule has 5 aromatic rings. The van der Waals surface area contributed by atoms with Crippen molar-refractivity contribution < 1.29 is 28.6 Å². The topological polar surface area (TPSA) is 124 Å². The van der Waals surface area contributed by atoms with Gasteiger partial charge in [0.05, 0.1) is 17.6 Å². The summed E-state index contributed by atoms with van der Waals surface area (Å²) in [4.78, 5) is 56.5. The number of nitrogens with zero attached hydrogens (tertiary/aromatic N) is 3. The monoisotopic (exact) mass is 615 g/mol. The van der Waals surface area contributed by atoms with Gasteiger partial charge in [0.1, 0.15) is 42.5 Å². The number of hydrogen-bond donors (Lipinski definition) is 0. The van der Waals surface area contributed by atoms with Gasteiger partial charge in [0, 0.05) is 11.8 Å². The molecule has 1 aliphatic rings. The van der Waals surface area contributed by atoms with Crippen LogP contribution in [0.15, 0.2) is 120 Å². The second-order valence-corrected chi connectivity index (χ2v) is 10.8. The van der Waals surface area contributed by atoms with Gasteiger partial charge in [-0.3, -0.25) is 4.79 Å². The van der Waals surface area contributed by atoms with Crippen LogP contribution >= 0.6 is 0 Å². The smallest absolute Gasteiger partial charge is 0.338 e. The highest BCUT2D eigenvalue weighted by Gasteiger charge is 2.42. The molecule has 0 N–H and O–H groups in total. The first kappa shape index (κ1) is 30.1. The van der Waals surface area contributed by atoms with Crippen LogP contribution in [0.5, 0.6) is 5.75 Å². The van der Waals surface area contributed by atoms with Crippen molar-refractivity contribution in [1.29, 1.82) is 0 Å². The highest BCUT2D eigenvalue weighted by molar-refractivity contribution is 5.98. The first-order chi connectivity index (χ1) is 22.5. The molecule has 6 rings (SSSR count). The van der Waals surface area contributed by atoms with Gasteiger partial charge in [-0.25, -0.2) is 14.6 Å². The summed E-state index contributed by atoms with van der Waals surface area (Å²) in [6.07, 6.45) is -0.335. The van der Waals surface area contributed by atoms with E-state index < -0.39 is 30.0 Å². The summed E-state index contributed by atoms with van der Waals surface area (Å²) in [5, 5.41) is 3.60. The average molecular weight is 616 g/mol. The molecule has 10 nitrogen and oxygen atoms in total. The van der Waals surface area contributed by atoms with E-state index in [2.05, 4.69) is 10.2 Å². The molecular weight excluding hydrogens is 586 g/mol. The number of fused-ring (bicyclic) bond motifs is 1. The Morgan fingerprint density at radius 2 is 1.46 bits per heavy atom. The maximum absolute atomic E-state index is 13.8. The lowest BCUT2D eigenvalue weighted by molar-refractivity contribution is -0.149. The Hall–Kier alpha value is -5.90. The molecule has 230 valence electrons. The van der Waals surface area contributed by atoms with Gasteiger partial charge in [-0.1, -0.05) is 66.7 Å². The Morgan fingerprint density at radius 1 is 0.783 bits per heavy atom. The van der Waals surface area contributed by atoms with E-state index in [9.17, 15) is 19.3 Å². The Bertz CT molecular complexity index is 1860. The van der Waals surface area contributed by atoms with Crippen molar-refractivity contribution in [3.05, 3.63) is 143 Å². The van der Waals surface area contributed by atoms with Crippen LogP contribution in [0.3, 0.4) is 0 Å². The van der Waals surface area contributed by atoms with Gasteiger partial charge < -0.3 is 19.1 Å². The van der Waals surface area contributed by atoms with Gasteiger partial charge in [-0.2, -0.15) is 0 Å². The van der Waals surface area contributed by atoms with Crippen molar-refractivity contribution >= 4 is 34.4 Å². The molecule has 2 heterocycles. The number of ether oxygens (including phenoxy) is 3. The second-order valence-electron chi connectivity index (χ2n) is 10.8. The molecule has 0 radical (unpaired) electrons. The van der Waals surface area contributed by atoms with E-state index in [4.69, 9.17) is 14.2 Å². The van der Waals surface area contributed by atoms with E-state index in [0.29, 0.717) is 22.2 Å². The number of benzene rings is 4. The molecule has 1 aliphatic heterocycles. The van der Waals surface area contributed by atoms with E-state index in [0.717, 1.165) is 11.1 Å². The first-order valence-corrected chi connectivity index (χ1v) is 14.7. The van der Waals surface area contributed by atoms with Crippen LogP contribution in [0.1, 0.15) is 38.4 Å². The molecular formula is C36H29N3O7. The van der Waals surface area contributed by atoms with Gasteiger partial charge >= 0.3 is 11.9 Å². The van der Waals surface area contributed by atoms with E-state index in [1.807, 2.05) is 60.7 Å². The quantitative estimate of drug-likeness (QED) is 0.131. The summed E-state index contributed by atoms with van der Waals surface area (Å²) >= 11 is 0. The number of nitroso groups, excluding NO2 is 1. The number of esters is 2. The van der Waals surface area contributed by atoms with Crippen molar-refractivity contribution in [3.63, 3.8) is 0 Å². The summed E-state index contributed by atoms with van der Waals surface area (Å²) in [6, 6.07) is 32.3. The summed E-state index contributed by atoms with van der Waals surface area (Å²) in [5.74, 6) is -0.999. The maximum atomic E-state index is 13.8. The molecule has 1 amide bonds. The average Bonchev–Trinajstić information content (AvgIpc) is 3.53. The maximum Gasteiger partial charge on any atom is 0.338 e. The molecule has 0 saturated carbocycles. The summed E-state index contributed by atoms with van der Waals surface area (Å²) in [7, 11) is 0. The zero-order valence-electron chi connectivity index (χ0n) is 24.7. The molecule has 0 unspecified atom stereocenters. The molecule has 1 saturated heterocycles. The van der Waals surface area contributed by atoms with Crippen molar-refractivity contribution in [2.24, 2.45) is 5.18 Å². The Kier molecular flexibility index (Phi) is 9.05. The van der Waals surface area contributed by atoms with Crippen molar-refractivity contribution in [1.82, 2.24) is 9.88 Å². The zero-order chi connectivity index (χ0) is 31.9. The van der Waals surface area contributed by atoms with Crippen LogP contribution in [-0.2, 0) is 27.5 Å². The van der Waals surface area contributed by atoms with Crippen molar-refractivity contribution in [3.8, 4) is 5.75 Å². The van der Waals surface area contributed by atoms with Crippen LogP contribution in [0, 0.1) is 4.91 Å². The third-order valence-corrected chi connectivity index (χ3v) is 7.62. The molecule has 0 bridgehead atoms. The SMILES string of the molecule is O=Nc1ccc2nc(C(=O)N3C[C@@H](Oc4ccc(C(=O)OCc5ccccc5)cc4)C[C@H]3C(=O)OCc3ccccc3)ccc2c1. The van der Waals surface area contributed by atoms with Gasteiger partial charge in [0.2, 0.25) is 0 Å². The molecule has 1 aromatic heterocycles. The summed E-state index contributed by atoms with van der Waals surface area (Å²) in [6.45, 7) is 0.333. The molecule has 4 aromatic carbocycles. The van der Waals surface area contributed by atoms with Crippen LogP contribution in [0.25, 0.3) is 10.9 Å². The second kappa shape index (κ2) is 13.8. The third-order valence-electron chi connectivity index (χ3n) is 7.62. The highest BCUT2D eigenvalue weighted by Crippen LogP contribution is 2.27. The fourth-order valence-electron chi connectivity index (χ4n) is 5.26. The predicted octanol–water partition coefficient (Wildman–Crippen LogP) is 6.40.